The van der Waals surface area contributed by atoms with Gasteiger partial charge in [0.25, 0.3) is 0 Å². The van der Waals surface area contributed by atoms with Crippen LogP contribution in [0, 0.1) is 0 Å². The fraction of sp³-hybridized carbons (Fsp3) is 0.240. The number of aromatic hydroxyl groups is 4. The molecule has 1 atom stereocenters. The van der Waals surface area contributed by atoms with Crippen LogP contribution in [0.1, 0.15) is 48.2 Å². The Kier molecular flexibility index (Phi) is 8.05. The second-order valence-electron chi connectivity index (χ2n) is 7.56. The number of phenolic OH excluding ortho intramolecular Hbond substituents is 4. The molecule has 0 fully saturated rings. The zero-order valence-corrected chi connectivity index (χ0v) is 17.7. The molecule has 0 amide bonds. The predicted molar refractivity (Wildman–Crippen MR) is 120 cm³/mol. The van der Waals surface area contributed by atoms with Crippen molar-refractivity contribution in [3.63, 3.8) is 0 Å². The largest absolute Gasteiger partial charge is 0.508 e. The van der Waals surface area contributed by atoms with Gasteiger partial charge in [-0.3, -0.25) is 4.79 Å². The lowest BCUT2D eigenvalue weighted by Gasteiger charge is -2.11. The van der Waals surface area contributed by atoms with E-state index in [-0.39, 0.29) is 40.5 Å². The first kappa shape index (κ1) is 23.8. The zero-order chi connectivity index (χ0) is 23.1. The first-order valence-electron chi connectivity index (χ1n) is 9.87. The van der Waals surface area contributed by atoms with Crippen molar-refractivity contribution in [1.82, 2.24) is 0 Å². The van der Waals surface area contributed by atoms with Crippen molar-refractivity contribution in [3.8, 4) is 23.0 Å². The molecule has 5 N–H and O–H groups in total. The van der Waals surface area contributed by atoms with E-state index in [1.54, 1.807) is 6.92 Å². The molecule has 0 unspecified atom stereocenters. The normalized spacial score (nSPS) is 12.8. The number of ketones is 1. The summed E-state index contributed by atoms with van der Waals surface area (Å²) in [5, 5.41) is 49.4. The average molecular weight is 424 g/mol. The van der Waals surface area contributed by atoms with Gasteiger partial charge in [0.1, 0.15) is 11.5 Å². The molecule has 0 aliphatic rings. The summed E-state index contributed by atoms with van der Waals surface area (Å²) in [7, 11) is 0. The second kappa shape index (κ2) is 10.5. The lowest BCUT2D eigenvalue weighted by atomic mass is 9.99. The van der Waals surface area contributed by atoms with Gasteiger partial charge in [-0.15, -0.1) is 0 Å². The molecule has 0 spiro atoms. The molecule has 2 rings (SSSR count). The molecule has 31 heavy (non-hydrogen) atoms. The quantitative estimate of drug-likeness (QED) is 0.174. The van der Waals surface area contributed by atoms with Gasteiger partial charge in [-0.2, -0.15) is 0 Å². The monoisotopic (exact) mass is 424 g/mol. The van der Waals surface area contributed by atoms with Gasteiger partial charge >= 0.3 is 0 Å². The molecule has 0 aliphatic carbocycles. The minimum absolute atomic E-state index is 0.0378. The van der Waals surface area contributed by atoms with Crippen LogP contribution in [-0.4, -0.2) is 37.4 Å². The van der Waals surface area contributed by atoms with E-state index in [0.717, 1.165) is 5.57 Å². The number of hydrogen-bond acceptors (Lipinski definition) is 6. The van der Waals surface area contributed by atoms with Crippen LogP contribution in [0.2, 0.25) is 0 Å². The Bertz CT molecular complexity index is 1030. The topological polar surface area (TPSA) is 118 Å². The van der Waals surface area contributed by atoms with Crippen LogP contribution in [0.4, 0.5) is 0 Å². The first-order chi connectivity index (χ1) is 14.6. The molecule has 0 heterocycles. The second-order valence-corrected chi connectivity index (χ2v) is 7.56. The Morgan fingerprint density at radius 3 is 2.35 bits per heavy atom. The van der Waals surface area contributed by atoms with Gasteiger partial charge in [0.15, 0.2) is 17.3 Å². The van der Waals surface area contributed by atoms with Crippen LogP contribution in [-0.2, 0) is 6.42 Å². The lowest BCUT2D eigenvalue weighted by Crippen LogP contribution is -2.06. The highest BCUT2D eigenvalue weighted by Crippen LogP contribution is 2.32. The molecular formula is C25H28O6. The summed E-state index contributed by atoms with van der Waals surface area (Å²) in [6.45, 7) is 7.38. The van der Waals surface area contributed by atoms with E-state index in [9.17, 15) is 30.3 Å². The maximum Gasteiger partial charge on any atom is 0.189 e. The van der Waals surface area contributed by atoms with Crippen molar-refractivity contribution < 1.29 is 30.3 Å². The van der Waals surface area contributed by atoms with Crippen LogP contribution in [0.3, 0.4) is 0 Å². The molecule has 164 valence electrons. The summed E-state index contributed by atoms with van der Waals surface area (Å²) in [5.41, 5.74) is 2.45. The number of hydrogen-bond donors (Lipinski definition) is 5. The van der Waals surface area contributed by atoms with Gasteiger partial charge < -0.3 is 25.5 Å². The Morgan fingerprint density at radius 1 is 1.03 bits per heavy atom. The minimum Gasteiger partial charge on any atom is -0.508 e. The van der Waals surface area contributed by atoms with Crippen LogP contribution < -0.4 is 0 Å². The number of carbonyl (C=O) groups excluding carboxylic acids is 1. The number of aliphatic hydroxyl groups is 1. The third-order valence-electron chi connectivity index (χ3n) is 4.99. The van der Waals surface area contributed by atoms with Crippen LogP contribution in [0.25, 0.3) is 6.08 Å². The summed E-state index contributed by atoms with van der Waals surface area (Å²) in [5.74, 6) is -1.46. The van der Waals surface area contributed by atoms with Gasteiger partial charge in [-0.05, 0) is 69.0 Å². The molecule has 6 nitrogen and oxygen atoms in total. The number of rotatable bonds is 9. The van der Waals surface area contributed by atoms with Crippen LogP contribution in [0.15, 0.2) is 60.2 Å². The molecule has 0 saturated heterocycles. The number of carbonyl (C=O) groups is 1. The van der Waals surface area contributed by atoms with Gasteiger partial charge in [0, 0.05) is 5.56 Å². The maximum absolute atomic E-state index is 12.5. The van der Waals surface area contributed by atoms with E-state index >= 15 is 0 Å². The molecule has 0 aliphatic heterocycles. The first-order valence-corrected chi connectivity index (χ1v) is 9.87. The van der Waals surface area contributed by atoms with E-state index in [1.807, 2.05) is 13.0 Å². The van der Waals surface area contributed by atoms with Crippen molar-refractivity contribution >= 4 is 11.9 Å². The lowest BCUT2D eigenvalue weighted by molar-refractivity contribution is 0.104. The van der Waals surface area contributed by atoms with Crippen molar-refractivity contribution in [2.24, 2.45) is 0 Å². The summed E-state index contributed by atoms with van der Waals surface area (Å²) >= 11 is 0. The number of benzene rings is 2. The summed E-state index contributed by atoms with van der Waals surface area (Å²) in [4.78, 5) is 12.5. The number of allylic oxidation sites excluding steroid dienone is 3. The fourth-order valence-corrected chi connectivity index (χ4v) is 2.92. The molecule has 0 aromatic heterocycles. The highest BCUT2D eigenvalue weighted by molar-refractivity contribution is 6.09. The SMILES string of the molecule is C=C(C)[C@@H](O)CC/C(C)=C/Cc1c(O)ccc(C(=O)/C=C\c2ccc(O)c(O)c2)c1O. The molecule has 0 bridgehead atoms. The number of aliphatic hydroxyl groups excluding tert-OH is 1. The minimum atomic E-state index is -0.576. The molecule has 0 saturated carbocycles. The third kappa shape index (κ3) is 6.49. The van der Waals surface area contributed by atoms with Gasteiger partial charge in [-0.25, -0.2) is 0 Å². The van der Waals surface area contributed by atoms with E-state index in [1.165, 1.54) is 42.5 Å². The molecule has 0 radical (unpaired) electrons. The molecular weight excluding hydrogens is 396 g/mol. The van der Waals surface area contributed by atoms with Crippen molar-refractivity contribution in [2.45, 2.75) is 39.2 Å². The standard InChI is InChI=1S/C25H28O6/c1-15(2)20(26)10-5-16(3)4-8-18-22(28)13-9-19(25(18)31)21(27)11-6-17-7-12-23(29)24(30)14-17/h4,6-7,9,11-14,20,26,28-31H,1,5,8,10H2,2-3H3/b11-6-,16-4+/t20-/m0/s1. The maximum atomic E-state index is 12.5. The average Bonchev–Trinajstić information content (AvgIpc) is 2.72. The smallest absolute Gasteiger partial charge is 0.189 e. The Hall–Kier alpha value is -3.51. The van der Waals surface area contributed by atoms with Gasteiger partial charge in [0.05, 0.1) is 11.7 Å². The third-order valence-corrected chi connectivity index (χ3v) is 4.99. The Labute approximate surface area is 181 Å². The van der Waals surface area contributed by atoms with Crippen molar-refractivity contribution in [3.05, 3.63) is 76.9 Å². The summed E-state index contributed by atoms with van der Waals surface area (Å²) < 4.78 is 0. The highest BCUT2D eigenvalue weighted by Gasteiger charge is 2.16. The molecule has 2 aromatic rings. The number of phenols is 4. The van der Waals surface area contributed by atoms with Crippen LogP contribution >= 0.6 is 0 Å². The van der Waals surface area contributed by atoms with Crippen LogP contribution in [0.5, 0.6) is 23.0 Å². The Morgan fingerprint density at radius 2 is 1.71 bits per heavy atom. The zero-order valence-electron chi connectivity index (χ0n) is 17.7. The van der Waals surface area contributed by atoms with Crippen molar-refractivity contribution in [1.29, 1.82) is 0 Å². The fourth-order valence-electron chi connectivity index (χ4n) is 2.92. The molecule has 2 aromatic carbocycles. The highest BCUT2D eigenvalue weighted by atomic mass is 16.3. The van der Waals surface area contributed by atoms with Gasteiger partial charge in [0.2, 0.25) is 0 Å². The summed E-state index contributed by atoms with van der Waals surface area (Å²) in [6.07, 6.45) is 5.34. The predicted octanol–water partition coefficient (Wildman–Crippen LogP) is 4.61. The molecule has 6 heteroatoms. The van der Waals surface area contributed by atoms with E-state index in [0.29, 0.717) is 24.0 Å². The van der Waals surface area contributed by atoms with E-state index in [2.05, 4.69) is 6.58 Å². The van der Waals surface area contributed by atoms with Crippen molar-refractivity contribution in [2.75, 3.05) is 0 Å². The van der Waals surface area contributed by atoms with E-state index < -0.39 is 11.9 Å². The van der Waals surface area contributed by atoms with E-state index in [4.69, 9.17) is 0 Å². The Balaban J connectivity index is 2.16. The van der Waals surface area contributed by atoms with Gasteiger partial charge in [-0.1, -0.05) is 35.9 Å². The summed E-state index contributed by atoms with van der Waals surface area (Å²) in [6, 6.07) is 6.84.